The summed E-state index contributed by atoms with van der Waals surface area (Å²) in [7, 11) is 2.12. The Bertz CT molecular complexity index is 49.7. The number of nitrogens with zero attached hydrogens (tertiary/aromatic N) is 1. The summed E-state index contributed by atoms with van der Waals surface area (Å²) in [5.41, 5.74) is 0. The molecule has 0 spiro atoms. The topological polar surface area (TPSA) is 15.3 Å². The molecule has 1 N–H and O–H groups in total. The van der Waals surface area contributed by atoms with Crippen molar-refractivity contribution in [3.63, 3.8) is 0 Å². The third kappa shape index (κ3) is 4.80. The van der Waals surface area contributed by atoms with E-state index < -0.39 is 0 Å². The van der Waals surface area contributed by atoms with E-state index in [9.17, 15) is 0 Å². The summed E-state index contributed by atoms with van der Waals surface area (Å²) in [5.74, 6) is 0. The highest BCUT2D eigenvalue weighted by atomic mass is 127. The summed E-state index contributed by atoms with van der Waals surface area (Å²) in [4.78, 5) is 2.27. The second kappa shape index (κ2) is 5.78. The van der Waals surface area contributed by atoms with Crippen LogP contribution < -0.4 is 3.53 Å². The van der Waals surface area contributed by atoms with Gasteiger partial charge in [-0.3, -0.25) is 3.53 Å². The van der Waals surface area contributed by atoms with Gasteiger partial charge < -0.3 is 4.90 Å². The molecular formula is C5H13IN2. The van der Waals surface area contributed by atoms with Crippen molar-refractivity contribution in [2.24, 2.45) is 0 Å². The van der Waals surface area contributed by atoms with Gasteiger partial charge in [-0.05, 0) is 13.6 Å². The lowest BCUT2D eigenvalue weighted by Crippen LogP contribution is -2.24. The first-order valence-corrected chi connectivity index (χ1v) is 3.91. The molecule has 0 atom stereocenters. The first kappa shape index (κ1) is 8.65. The van der Waals surface area contributed by atoms with E-state index in [4.69, 9.17) is 0 Å². The van der Waals surface area contributed by atoms with Crippen molar-refractivity contribution >= 4 is 22.9 Å². The molecule has 0 aliphatic heterocycles. The number of nitrogens with one attached hydrogen (secondary N) is 1. The van der Waals surface area contributed by atoms with Gasteiger partial charge in [0.25, 0.3) is 0 Å². The van der Waals surface area contributed by atoms with Crippen LogP contribution in [0.4, 0.5) is 0 Å². The van der Waals surface area contributed by atoms with Gasteiger partial charge in [0.15, 0.2) is 0 Å². The molecule has 8 heavy (non-hydrogen) atoms. The predicted octanol–water partition coefficient (Wildman–Crippen LogP) is 0.878. The minimum atomic E-state index is 1.07. The van der Waals surface area contributed by atoms with Gasteiger partial charge in [0, 0.05) is 36.0 Å². The quantitative estimate of drug-likeness (QED) is 0.567. The molecule has 0 radical (unpaired) electrons. The Balaban J connectivity index is 2.86. The van der Waals surface area contributed by atoms with Gasteiger partial charge in [0.2, 0.25) is 0 Å². The molecule has 50 valence electrons. The third-order valence-corrected chi connectivity index (χ3v) is 1.67. The first-order valence-electron chi connectivity index (χ1n) is 2.83. The largest absolute Gasteiger partial charge is 0.305 e. The summed E-state index contributed by atoms with van der Waals surface area (Å²) in [5, 5.41) is 0. The third-order valence-electron chi connectivity index (χ3n) is 1.13. The molecule has 0 saturated heterocycles. The van der Waals surface area contributed by atoms with E-state index in [0.29, 0.717) is 0 Å². The highest BCUT2D eigenvalue weighted by Gasteiger charge is 1.89. The molecule has 0 rings (SSSR count). The van der Waals surface area contributed by atoms with Crippen molar-refractivity contribution in [1.29, 1.82) is 0 Å². The number of rotatable bonds is 4. The molecule has 0 aromatic carbocycles. The average Bonchev–Trinajstić information content (AvgIpc) is 1.83. The molecule has 0 unspecified atom stereocenters. The van der Waals surface area contributed by atoms with Crippen LogP contribution in [0.2, 0.25) is 0 Å². The summed E-state index contributed by atoms with van der Waals surface area (Å²) >= 11 is 2.16. The zero-order valence-corrected chi connectivity index (χ0v) is 7.60. The molecular weight excluding hydrogens is 215 g/mol. The molecule has 0 aromatic rings. The number of likely N-dealkylation sites (N-methyl/N-ethyl adjacent to an activating group) is 1. The van der Waals surface area contributed by atoms with Crippen LogP contribution in [0.15, 0.2) is 0 Å². The van der Waals surface area contributed by atoms with Crippen LogP contribution in [0.3, 0.4) is 0 Å². The standard InChI is InChI=1S/C5H13IN2/c1-3-8(2)5-4-7-6/h7H,3-5H2,1-2H3. The smallest absolute Gasteiger partial charge is 0.0178 e. The molecule has 2 nitrogen and oxygen atoms in total. The van der Waals surface area contributed by atoms with E-state index in [2.05, 4.69) is 45.3 Å². The van der Waals surface area contributed by atoms with Crippen molar-refractivity contribution < 1.29 is 0 Å². The molecule has 0 aromatic heterocycles. The Hall–Kier alpha value is 0.650. The van der Waals surface area contributed by atoms with E-state index in [-0.39, 0.29) is 0 Å². The Morgan fingerprint density at radius 2 is 2.25 bits per heavy atom. The minimum Gasteiger partial charge on any atom is -0.305 e. The Morgan fingerprint density at radius 1 is 1.62 bits per heavy atom. The molecule has 0 amide bonds. The second-order valence-corrected chi connectivity index (χ2v) is 2.54. The van der Waals surface area contributed by atoms with Crippen molar-refractivity contribution in [3.05, 3.63) is 0 Å². The number of halogens is 1. The lowest BCUT2D eigenvalue weighted by atomic mass is 10.5. The van der Waals surface area contributed by atoms with Crippen LogP contribution in [0.1, 0.15) is 6.92 Å². The Labute approximate surface area is 65.1 Å². The van der Waals surface area contributed by atoms with E-state index in [1.807, 2.05) is 0 Å². The van der Waals surface area contributed by atoms with Gasteiger partial charge in [-0.2, -0.15) is 0 Å². The van der Waals surface area contributed by atoms with E-state index in [1.165, 1.54) is 0 Å². The van der Waals surface area contributed by atoms with Gasteiger partial charge in [-0.25, -0.2) is 0 Å². The molecule has 3 heteroatoms. The number of hydrogen-bond donors (Lipinski definition) is 1. The monoisotopic (exact) mass is 228 g/mol. The fourth-order valence-electron chi connectivity index (χ4n) is 0.391. The van der Waals surface area contributed by atoms with E-state index >= 15 is 0 Å². The SMILES string of the molecule is CCN(C)CCNI. The summed E-state index contributed by atoms with van der Waals surface area (Å²) in [6.07, 6.45) is 0. The van der Waals surface area contributed by atoms with Gasteiger partial charge >= 0.3 is 0 Å². The summed E-state index contributed by atoms with van der Waals surface area (Å²) in [6, 6.07) is 0. The maximum absolute atomic E-state index is 3.06. The normalized spacial score (nSPS) is 10.5. The van der Waals surface area contributed by atoms with Crippen LogP contribution in [0, 0.1) is 0 Å². The molecule has 0 fully saturated rings. The lowest BCUT2D eigenvalue weighted by molar-refractivity contribution is 0.361. The highest BCUT2D eigenvalue weighted by molar-refractivity contribution is 14.1. The highest BCUT2D eigenvalue weighted by Crippen LogP contribution is 1.78. The average molecular weight is 228 g/mol. The van der Waals surface area contributed by atoms with Crippen molar-refractivity contribution in [3.8, 4) is 0 Å². The van der Waals surface area contributed by atoms with Gasteiger partial charge in [0.05, 0.1) is 0 Å². The fraction of sp³-hybridized carbons (Fsp3) is 1.00. The minimum absolute atomic E-state index is 1.07. The van der Waals surface area contributed by atoms with Gasteiger partial charge in [-0.15, -0.1) is 0 Å². The van der Waals surface area contributed by atoms with E-state index in [0.717, 1.165) is 19.6 Å². The van der Waals surface area contributed by atoms with Gasteiger partial charge in [-0.1, -0.05) is 6.92 Å². The molecule has 0 bridgehead atoms. The lowest BCUT2D eigenvalue weighted by Gasteiger charge is -2.11. The first-order chi connectivity index (χ1) is 3.81. The zero-order chi connectivity index (χ0) is 6.41. The molecule has 0 aliphatic rings. The summed E-state index contributed by atoms with van der Waals surface area (Å²) in [6.45, 7) is 5.51. The van der Waals surface area contributed by atoms with Crippen LogP contribution in [0.25, 0.3) is 0 Å². The maximum Gasteiger partial charge on any atom is 0.0178 e. The van der Waals surface area contributed by atoms with Crippen molar-refractivity contribution in [2.75, 3.05) is 26.7 Å². The van der Waals surface area contributed by atoms with Crippen molar-refractivity contribution in [1.82, 2.24) is 8.43 Å². The van der Waals surface area contributed by atoms with E-state index in [1.54, 1.807) is 0 Å². The Morgan fingerprint density at radius 3 is 2.62 bits per heavy atom. The number of hydrogen-bond acceptors (Lipinski definition) is 2. The second-order valence-electron chi connectivity index (χ2n) is 1.78. The Kier molecular flexibility index (Phi) is 6.25. The molecule has 0 aliphatic carbocycles. The van der Waals surface area contributed by atoms with Gasteiger partial charge in [0.1, 0.15) is 0 Å². The van der Waals surface area contributed by atoms with Crippen LogP contribution >= 0.6 is 22.9 Å². The zero-order valence-electron chi connectivity index (χ0n) is 5.45. The maximum atomic E-state index is 3.06. The summed E-state index contributed by atoms with van der Waals surface area (Å²) < 4.78 is 3.06. The predicted molar refractivity (Wildman–Crippen MR) is 45.2 cm³/mol. The molecule has 0 saturated carbocycles. The molecule has 0 heterocycles. The van der Waals surface area contributed by atoms with Crippen LogP contribution in [-0.4, -0.2) is 31.6 Å². The van der Waals surface area contributed by atoms with Crippen molar-refractivity contribution in [2.45, 2.75) is 6.92 Å². The van der Waals surface area contributed by atoms with Crippen LogP contribution in [0.5, 0.6) is 0 Å². The fourth-order valence-corrected chi connectivity index (χ4v) is 0.632. The van der Waals surface area contributed by atoms with Crippen LogP contribution in [-0.2, 0) is 0 Å².